The molecule has 0 aliphatic rings. The van der Waals surface area contributed by atoms with E-state index in [2.05, 4.69) is 0 Å². The number of hydrogen-bond acceptors (Lipinski definition) is 1. The molecule has 0 bridgehead atoms. The first-order chi connectivity index (χ1) is 9.70. The van der Waals surface area contributed by atoms with Crippen LogP contribution in [-0.2, 0) is 6.18 Å². The van der Waals surface area contributed by atoms with E-state index >= 15 is 0 Å². The summed E-state index contributed by atoms with van der Waals surface area (Å²) in [5.74, 6) is -2.73. The lowest BCUT2D eigenvalue weighted by Crippen LogP contribution is -2.11. The van der Waals surface area contributed by atoms with Crippen LogP contribution < -0.4 is 0 Å². The quantitative estimate of drug-likeness (QED) is 0.588. The van der Waals surface area contributed by atoms with Gasteiger partial charge in [-0.2, -0.15) is 13.2 Å². The summed E-state index contributed by atoms with van der Waals surface area (Å²) in [5.41, 5.74) is -1.46. The molecule has 0 atom stereocenters. The van der Waals surface area contributed by atoms with E-state index in [1.54, 1.807) is 0 Å². The van der Waals surface area contributed by atoms with Gasteiger partial charge in [0.15, 0.2) is 5.78 Å². The summed E-state index contributed by atoms with van der Waals surface area (Å²) in [6, 6.07) is 5.34. The molecular weight excluding hydrogens is 291 g/mol. The number of alkyl halides is 3. The van der Waals surface area contributed by atoms with Gasteiger partial charge in [-0.05, 0) is 48.9 Å². The highest BCUT2D eigenvalue weighted by atomic mass is 19.4. The van der Waals surface area contributed by atoms with Crippen LogP contribution >= 0.6 is 0 Å². The van der Waals surface area contributed by atoms with E-state index < -0.39 is 29.2 Å². The van der Waals surface area contributed by atoms with Gasteiger partial charge in [-0.25, -0.2) is 8.78 Å². The number of rotatable bonds is 2. The monoisotopic (exact) mass is 300 g/mol. The zero-order valence-corrected chi connectivity index (χ0v) is 10.8. The first kappa shape index (κ1) is 15.2. The van der Waals surface area contributed by atoms with Crippen molar-refractivity contribution in [3.8, 4) is 0 Å². The van der Waals surface area contributed by atoms with E-state index in [9.17, 15) is 26.7 Å². The molecule has 6 heteroatoms. The summed E-state index contributed by atoms with van der Waals surface area (Å²) in [5, 5.41) is 0. The Morgan fingerprint density at radius 3 is 2.24 bits per heavy atom. The highest BCUT2D eigenvalue weighted by molar-refractivity contribution is 6.10. The molecule has 2 aromatic carbocycles. The topological polar surface area (TPSA) is 17.1 Å². The number of ketones is 1. The predicted octanol–water partition coefficient (Wildman–Crippen LogP) is 4.52. The Morgan fingerprint density at radius 2 is 1.67 bits per heavy atom. The van der Waals surface area contributed by atoms with Gasteiger partial charge < -0.3 is 0 Å². The van der Waals surface area contributed by atoms with Crippen LogP contribution in [0.25, 0.3) is 0 Å². The van der Waals surface area contributed by atoms with E-state index in [1.165, 1.54) is 13.0 Å². The second-order valence-electron chi connectivity index (χ2n) is 4.48. The van der Waals surface area contributed by atoms with Gasteiger partial charge in [-0.15, -0.1) is 0 Å². The molecule has 0 aliphatic heterocycles. The summed E-state index contributed by atoms with van der Waals surface area (Å²) in [6.07, 6.45) is -4.89. The second kappa shape index (κ2) is 5.27. The molecule has 0 spiro atoms. The predicted molar refractivity (Wildman–Crippen MR) is 66.0 cm³/mol. The Bertz CT molecular complexity index is 704. The Morgan fingerprint density at radius 1 is 1.00 bits per heavy atom. The largest absolute Gasteiger partial charge is 0.419 e. The Kier molecular flexibility index (Phi) is 3.80. The molecule has 110 valence electrons. The van der Waals surface area contributed by atoms with E-state index in [1.807, 2.05) is 0 Å². The fourth-order valence-electron chi connectivity index (χ4n) is 1.92. The van der Waals surface area contributed by atoms with Crippen LogP contribution in [0.5, 0.6) is 0 Å². The molecule has 0 saturated carbocycles. The molecule has 0 amide bonds. The van der Waals surface area contributed by atoms with Gasteiger partial charge in [0.2, 0.25) is 0 Å². The van der Waals surface area contributed by atoms with Gasteiger partial charge in [0, 0.05) is 11.1 Å². The summed E-state index contributed by atoms with van der Waals surface area (Å²) < 4.78 is 64.0. The van der Waals surface area contributed by atoms with E-state index in [4.69, 9.17) is 0 Å². The van der Waals surface area contributed by atoms with Crippen molar-refractivity contribution >= 4 is 5.78 Å². The number of halogens is 5. The third-order valence-corrected chi connectivity index (χ3v) is 2.97. The number of carbonyl (C=O) groups excluding carboxylic acids is 1. The second-order valence-corrected chi connectivity index (χ2v) is 4.48. The van der Waals surface area contributed by atoms with Gasteiger partial charge >= 0.3 is 6.18 Å². The van der Waals surface area contributed by atoms with Crippen LogP contribution in [0.2, 0.25) is 0 Å². The SMILES string of the molecule is Cc1cc(F)ccc1C(=O)c1ccc(F)c(C(F)(F)F)c1. The smallest absolute Gasteiger partial charge is 0.289 e. The molecule has 0 saturated heterocycles. The minimum Gasteiger partial charge on any atom is -0.289 e. The molecule has 0 aliphatic carbocycles. The third kappa shape index (κ3) is 3.09. The van der Waals surface area contributed by atoms with Crippen LogP contribution in [0.3, 0.4) is 0 Å². The summed E-state index contributed by atoms with van der Waals surface area (Å²) >= 11 is 0. The van der Waals surface area contributed by atoms with Crippen molar-refractivity contribution in [2.45, 2.75) is 13.1 Å². The van der Waals surface area contributed by atoms with E-state index in [-0.39, 0.29) is 16.7 Å². The minimum absolute atomic E-state index is 0.0659. The first-order valence-corrected chi connectivity index (χ1v) is 5.88. The molecular formula is C15H9F5O. The van der Waals surface area contributed by atoms with Crippen molar-refractivity contribution in [1.29, 1.82) is 0 Å². The lowest BCUT2D eigenvalue weighted by Gasteiger charge is -2.10. The van der Waals surface area contributed by atoms with Gasteiger partial charge in [-0.3, -0.25) is 4.79 Å². The average Bonchev–Trinajstić information content (AvgIpc) is 2.37. The minimum atomic E-state index is -4.89. The first-order valence-electron chi connectivity index (χ1n) is 5.88. The summed E-state index contributed by atoms with van der Waals surface area (Å²) in [4.78, 5) is 12.2. The molecule has 2 aromatic rings. The normalized spacial score (nSPS) is 11.5. The molecule has 0 unspecified atom stereocenters. The van der Waals surface area contributed by atoms with Crippen LogP contribution in [0.1, 0.15) is 27.0 Å². The van der Waals surface area contributed by atoms with Crippen LogP contribution in [0.4, 0.5) is 22.0 Å². The van der Waals surface area contributed by atoms with Gasteiger partial charge in [0.1, 0.15) is 11.6 Å². The van der Waals surface area contributed by atoms with Crippen LogP contribution in [0, 0.1) is 18.6 Å². The molecule has 0 aromatic heterocycles. The van der Waals surface area contributed by atoms with Gasteiger partial charge in [-0.1, -0.05) is 0 Å². The molecule has 0 heterocycles. The highest BCUT2D eigenvalue weighted by Crippen LogP contribution is 2.32. The molecule has 0 N–H and O–H groups in total. The Labute approximate surface area is 117 Å². The summed E-state index contributed by atoms with van der Waals surface area (Å²) in [7, 11) is 0. The number of carbonyl (C=O) groups is 1. The van der Waals surface area contributed by atoms with Gasteiger partial charge in [0.25, 0.3) is 0 Å². The van der Waals surface area contributed by atoms with Crippen LogP contribution in [-0.4, -0.2) is 5.78 Å². The lowest BCUT2D eigenvalue weighted by molar-refractivity contribution is -0.140. The zero-order chi connectivity index (χ0) is 15.8. The Hall–Kier alpha value is -2.24. The van der Waals surface area contributed by atoms with Crippen molar-refractivity contribution < 1.29 is 26.7 Å². The number of benzene rings is 2. The molecule has 0 radical (unpaired) electrons. The van der Waals surface area contributed by atoms with E-state index in [0.29, 0.717) is 12.1 Å². The molecule has 21 heavy (non-hydrogen) atoms. The molecule has 1 nitrogen and oxygen atoms in total. The maximum atomic E-state index is 13.2. The fourth-order valence-corrected chi connectivity index (χ4v) is 1.92. The number of aryl methyl sites for hydroxylation is 1. The average molecular weight is 300 g/mol. The highest BCUT2D eigenvalue weighted by Gasteiger charge is 2.34. The molecule has 2 rings (SSSR count). The van der Waals surface area contributed by atoms with Crippen molar-refractivity contribution in [3.05, 3.63) is 70.3 Å². The van der Waals surface area contributed by atoms with Crippen molar-refractivity contribution in [2.75, 3.05) is 0 Å². The summed E-state index contributed by atoms with van der Waals surface area (Å²) in [6.45, 7) is 1.46. The van der Waals surface area contributed by atoms with Crippen LogP contribution in [0.15, 0.2) is 36.4 Å². The van der Waals surface area contributed by atoms with Crippen molar-refractivity contribution in [3.63, 3.8) is 0 Å². The maximum Gasteiger partial charge on any atom is 0.419 e. The molecule has 0 fully saturated rings. The maximum absolute atomic E-state index is 13.2. The number of hydrogen-bond donors (Lipinski definition) is 0. The lowest BCUT2D eigenvalue weighted by atomic mass is 9.97. The van der Waals surface area contributed by atoms with Crippen molar-refractivity contribution in [2.24, 2.45) is 0 Å². The van der Waals surface area contributed by atoms with Gasteiger partial charge in [0.05, 0.1) is 5.56 Å². The Balaban J connectivity index is 2.49. The van der Waals surface area contributed by atoms with E-state index in [0.717, 1.165) is 18.2 Å². The van der Waals surface area contributed by atoms with Crippen molar-refractivity contribution in [1.82, 2.24) is 0 Å². The standard InChI is InChI=1S/C15H9F5O/c1-8-6-10(16)3-4-11(8)14(21)9-2-5-13(17)12(7-9)15(18,19)20/h2-7H,1H3. The third-order valence-electron chi connectivity index (χ3n) is 2.97. The fraction of sp³-hybridized carbons (Fsp3) is 0.133. The zero-order valence-electron chi connectivity index (χ0n) is 10.8.